The molecular weight excluding hydrogens is 210 g/mol. The van der Waals surface area contributed by atoms with E-state index in [0.717, 1.165) is 0 Å². The molecule has 0 unspecified atom stereocenters. The van der Waals surface area contributed by atoms with E-state index in [9.17, 15) is 9.59 Å². The van der Waals surface area contributed by atoms with Gasteiger partial charge in [-0.1, -0.05) is 0 Å². The largest absolute Gasteiger partial charge is 0.494 e. The van der Waals surface area contributed by atoms with E-state index in [1.165, 1.54) is 26.4 Å². The lowest BCUT2D eigenvalue weighted by Crippen LogP contribution is -2.09. The highest BCUT2D eigenvalue weighted by Crippen LogP contribution is 2.26. The Morgan fingerprint density at radius 3 is 2.56 bits per heavy atom. The van der Waals surface area contributed by atoms with Crippen LogP contribution in [0.2, 0.25) is 0 Å². The minimum Gasteiger partial charge on any atom is -0.494 e. The summed E-state index contributed by atoms with van der Waals surface area (Å²) < 4.78 is 9.48. The van der Waals surface area contributed by atoms with Crippen molar-refractivity contribution in [3.63, 3.8) is 0 Å². The first-order chi connectivity index (χ1) is 7.69. The van der Waals surface area contributed by atoms with Gasteiger partial charge < -0.3 is 9.47 Å². The fraction of sp³-hybridized carbons (Fsp3) is 0.182. The van der Waals surface area contributed by atoms with Crippen LogP contribution < -0.4 is 4.74 Å². The molecule has 0 amide bonds. The monoisotopic (exact) mass is 219 g/mol. The van der Waals surface area contributed by atoms with Crippen molar-refractivity contribution in [2.75, 3.05) is 14.2 Å². The number of rotatable bonds is 3. The average Bonchev–Trinajstić information content (AvgIpc) is 2.35. The van der Waals surface area contributed by atoms with Crippen LogP contribution >= 0.6 is 0 Å². The van der Waals surface area contributed by atoms with Gasteiger partial charge in [0.25, 0.3) is 0 Å². The number of aldehydes is 1. The molecule has 5 nitrogen and oxygen atoms in total. The van der Waals surface area contributed by atoms with E-state index in [2.05, 4.69) is 4.74 Å². The Kier molecular flexibility index (Phi) is 3.62. The Balaban J connectivity index is 3.56. The highest BCUT2D eigenvalue weighted by Gasteiger charge is 2.20. The molecule has 1 aromatic rings. The van der Waals surface area contributed by atoms with Crippen LogP contribution in [0.1, 0.15) is 26.3 Å². The molecule has 0 radical (unpaired) electrons. The maximum absolute atomic E-state index is 11.5. The number of esters is 1. The van der Waals surface area contributed by atoms with Gasteiger partial charge in [0.2, 0.25) is 0 Å². The Morgan fingerprint density at radius 2 is 2.12 bits per heavy atom. The van der Waals surface area contributed by atoms with Gasteiger partial charge in [-0.3, -0.25) is 4.79 Å². The van der Waals surface area contributed by atoms with Gasteiger partial charge in [0.15, 0.2) is 12.0 Å². The Labute approximate surface area is 92.2 Å². The lowest BCUT2D eigenvalue weighted by atomic mass is 10.0. The van der Waals surface area contributed by atoms with Crippen LogP contribution in [0.25, 0.3) is 0 Å². The van der Waals surface area contributed by atoms with Crippen LogP contribution in [0, 0.1) is 11.3 Å². The molecule has 0 aliphatic rings. The standard InChI is InChI=1S/C11H9NO4/c1-15-10-7(5-12)3-4-8(6-13)9(10)11(14)16-2/h3-4,6H,1-2H3. The van der Waals surface area contributed by atoms with Crippen LogP contribution in [-0.2, 0) is 4.74 Å². The molecule has 0 N–H and O–H groups in total. The summed E-state index contributed by atoms with van der Waals surface area (Å²) in [5.41, 5.74) is 0.273. The molecule has 0 heterocycles. The van der Waals surface area contributed by atoms with Crippen LogP contribution in [-0.4, -0.2) is 26.5 Å². The number of hydrogen-bond acceptors (Lipinski definition) is 5. The van der Waals surface area contributed by atoms with E-state index in [1.807, 2.05) is 6.07 Å². The summed E-state index contributed by atoms with van der Waals surface area (Å²) in [6, 6.07) is 4.66. The third kappa shape index (κ3) is 1.86. The second-order valence-corrected chi connectivity index (χ2v) is 2.83. The maximum atomic E-state index is 11.5. The van der Waals surface area contributed by atoms with Crippen LogP contribution in [0.15, 0.2) is 12.1 Å². The molecule has 0 aliphatic carbocycles. The first-order valence-corrected chi connectivity index (χ1v) is 4.34. The van der Waals surface area contributed by atoms with Crippen molar-refractivity contribution in [3.05, 3.63) is 28.8 Å². The minimum atomic E-state index is -0.712. The number of nitrogens with zero attached hydrogens (tertiary/aromatic N) is 1. The molecule has 1 aromatic carbocycles. The fourth-order valence-electron chi connectivity index (χ4n) is 1.31. The lowest BCUT2D eigenvalue weighted by Gasteiger charge is -2.10. The molecule has 1 rings (SSSR count). The molecular formula is C11H9NO4. The summed E-state index contributed by atoms with van der Waals surface area (Å²) in [5, 5.41) is 8.82. The normalized spacial score (nSPS) is 9.06. The first-order valence-electron chi connectivity index (χ1n) is 4.34. The fourth-order valence-corrected chi connectivity index (χ4v) is 1.31. The Hall–Kier alpha value is -2.35. The van der Waals surface area contributed by atoms with Crippen molar-refractivity contribution in [1.29, 1.82) is 5.26 Å². The number of nitriles is 1. The van der Waals surface area contributed by atoms with Gasteiger partial charge in [0.05, 0.1) is 19.8 Å². The van der Waals surface area contributed by atoms with Crippen molar-refractivity contribution in [2.45, 2.75) is 0 Å². The summed E-state index contributed by atoms with van der Waals surface area (Å²) >= 11 is 0. The number of carbonyl (C=O) groups excluding carboxylic acids is 2. The van der Waals surface area contributed by atoms with Gasteiger partial charge >= 0.3 is 5.97 Å². The van der Waals surface area contributed by atoms with Crippen molar-refractivity contribution in [3.8, 4) is 11.8 Å². The van der Waals surface area contributed by atoms with Gasteiger partial charge in [-0.25, -0.2) is 4.79 Å². The van der Waals surface area contributed by atoms with Crippen LogP contribution in [0.5, 0.6) is 5.75 Å². The average molecular weight is 219 g/mol. The van der Waals surface area contributed by atoms with E-state index >= 15 is 0 Å². The second kappa shape index (κ2) is 4.94. The quantitative estimate of drug-likeness (QED) is 0.563. The predicted molar refractivity (Wildman–Crippen MR) is 54.4 cm³/mol. The number of ether oxygens (including phenoxy) is 2. The smallest absolute Gasteiger partial charge is 0.342 e. The zero-order valence-electron chi connectivity index (χ0n) is 8.81. The Morgan fingerprint density at radius 1 is 1.44 bits per heavy atom. The maximum Gasteiger partial charge on any atom is 0.342 e. The molecule has 5 heteroatoms. The zero-order chi connectivity index (χ0) is 12.1. The molecule has 0 aliphatic heterocycles. The van der Waals surface area contributed by atoms with E-state index in [-0.39, 0.29) is 22.4 Å². The van der Waals surface area contributed by atoms with Crippen molar-refractivity contribution in [2.24, 2.45) is 0 Å². The van der Waals surface area contributed by atoms with Crippen LogP contribution in [0.3, 0.4) is 0 Å². The van der Waals surface area contributed by atoms with Gasteiger partial charge in [-0.2, -0.15) is 5.26 Å². The third-order valence-electron chi connectivity index (χ3n) is 2.03. The number of hydrogen-bond donors (Lipinski definition) is 0. The predicted octanol–water partition coefficient (Wildman–Crippen LogP) is 1.17. The highest BCUT2D eigenvalue weighted by molar-refractivity contribution is 6.01. The van der Waals surface area contributed by atoms with Crippen molar-refractivity contribution < 1.29 is 19.1 Å². The number of methoxy groups -OCH3 is 2. The van der Waals surface area contributed by atoms with E-state index < -0.39 is 5.97 Å². The number of carbonyl (C=O) groups is 2. The summed E-state index contributed by atoms with van der Waals surface area (Å²) in [5.74, 6) is -0.657. The van der Waals surface area contributed by atoms with Crippen LogP contribution in [0.4, 0.5) is 0 Å². The first kappa shape index (κ1) is 11.7. The summed E-state index contributed by atoms with van der Waals surface area (Å²) in [4.78, 5) is 22.2. The highest BCUT2D eigenvalue weighted by atomic mass is 16.5. The van der Waals surface area contributed by atoms with E-state index in [4.69, 9.17) is 10.00 Å². The third-order valence-corrected chi connectivity index (χ3v) is 2.03. The van der Waals surface area contributed by atoms with E-state index in [0.29, 0.717) is 6.29 Å². The molecule has 82 valence electrons. The zero-order valence-corrected chi connectivity index (χ0v) is 8.81. The molecule has 0 spiro atoms. The lowest BCUT2D eigenvalue weighted by molar-refractivity contribution is 0.0594. The Bertz CT molecular complexity index is 474. The summed E-state index contributed by atoms with van der Waals surface area (Å²) in [6.07, 6.45) is 0.510. The molecule has 0 atom stereocenters. The SMILES string of the molecule is COC(=O)c1c(C=O)ccc(C#N)c1OC. The second-order valence-electron chi connectivity index (χ2n) is 2.83. The molecule has 0 aromatic heterocycles. The topological polar surface area (TPSA) is 76.4 Å². The van der Waals surface area contributed by atoms with Gasteiger partial charge in [0, 0.05) is 5.56 Å². The number of benzene rings is 1. The minimum absolute atomic E-state index is 0.0287. The molecule has 0 bridgehead atoms. The van der Waals surface area contributed by atoms with Crippen molar-refractivity contribution >= 4 is 12.3 Å². The van der Waals surface area contributed by atoms with Gasteiger partial charge in [0.1, 0.15) is 11.6 Å². The van der Waals surface area contributed by atoms with Crippen molar-refractivity contribution in [1.82, 2.24) is 0 Å². The summed E-state index contributed by atoms with van der Waals surface area (Å²) in [6.45, 7) is 0. The molecule has 0 fully saturated rings. The van der Waals surface area contributed by atoms with Gasteiger partial charge in [-0.05, 0) is 12.1 Å². The molecule has 0 saturated heterocycles. The van der Waals surface area contributed by atoms with E-state index in [1.54, 1.807) is 0 Å². The molecule has 16 heavy (non-hydrogen) atoms. The van der Waals surface area contributed by atoms with Gasteiger partial charge in [-0.15, -0.1) is 0 Å². The summed E-state index contributed by atoms with van der Waals surface area (Å²) in [7, 11) is 2.51. The molecule has 0 saturated carbocycles.